The summed E-state index contributed by atoms with van der Waals surface area (Å²) in [6, 6.07) is 7.29. The lowest BCUT2D eigenvalue weighted by atomic mass is 9.98. The van der Waals surface area contributed by atoms with Crippen molar-refractivity contribution in [1.29, 1.82) is 0 Å². The fourth-order valence-electron chi connectivity index (χ4n) is 4.08. The van der Waals surface area contributed by atoms with E-state index in [2.05, 4.69) is 19.2 Å². The summed E-state index contributed by atoms with van der Waals surface area (Å²) in [6.07, 6.45) is -2.15. The van der Waals surface area contributed by atoms with Gasteiger partial charge in [0, 0.05) is 5.69 Å². The lowest BCUT2D eigenvalue weighted by molar-refractivity contribution is -0.229. The molecule has 1 amide bonds. The van der Waals surface area contributed by atoms with Crippen molar-refractivity contribution in [3.63, 3.8) is 0 Å². The summed E-state index contributed by atoms with van der Waals surface area (Å²) in [6.45, 7) is 12.2. The largest absolute Gasteiger partial charge is 0.494 e. The van der Waals surface area contributed by atoms with E-state index in [0.717, 1.165) is 12.2 Å². The van der Waals surface area contributed by atoms with Crippen molar-refractivity contribution < 1.29 is 33.2 Å². The van der Waals surface area contributed by atoms with Crippen molar-refractivity contribution in [2.75, 3.05) is 11.9 Å². The zero-order chi connectivity index (χ0) is 22.4. The van der Waals surface area contributed by atoms with Gasteiger partial charge in [0.15, 0.2) is 24.0 Å². The quantitative estimate of drug-likeness (QED) is 0.733. The van der Waals surface area contributed by atoms with E-state index in [1.54, 1.807) is 12.1 Å². The summed E-state index contributed by atoms with van der Waals surface area (Å²) >= 11 is 0. The predicted octanol–water partition coefficient (Wildman–Crippen LogP) is 3.45. The molecule has 0 unspecified atom stereocenters. The number of nitrogens with one attached hydrogen (secondary N) is 1. The van der Waals surface area contributed by atoms with Crippen molar-refractivity contribution in [2.45, 2.75) is 90.2 Å². The number of amides is 1. The average molecular weight is 436 g/mol. The fraction of sp³-hybridized carbons (Fsp3) is 0.696. The molecule has 172 valence electrons. The molecule has 3 saturated heterocycles. The zero-order valence-electron chi connectivity index (χ0n) is 19.0. The standard InChI is InChI=1S/C23H33NO7/c1-13(2)11-12-26-15-9-7-14(8-10-15)24-20(25)18-16-17(29-22(3,4)28-16)19-21(27-18)31-23(5,6)30-19/h7-10,13,16-19,21H,11-12H2,1-6H3,(H,24,25)/t16-,17+,18-,19-,21+/m1/s1. The maximum Gasteiger partial charge on any atom is 0.256 e. The van der Waals surface area contributed by atoms with Crippen LogP contribution < -0.4 is 10.1 Å². The van der Waals surface area contributed by atoms with Gasteiger partial charge in [-0.1, -0.05) is 13.8 Å². The summed E-state index contributed by atoms with van der Waals surface area (Å²) in [4.78, 5) is 13.1. The topological polar surface area (TPSA) is 84.5 Å². The van der Waals surface area contributed by atoms with E-state index in [9.17, 15) is 4.79 Å². The number of benzene rings is 1. The molecule has 0 aromatic heterocycles. The SMILES string of the molecule is CC(C)CCOc1ccc(NC(=O)[C@@H]2O[C@H]3OC(C)(C)O[C@@H]3[C@H]3OC(C)(C)O[C@H]32)cc1. The Morgan fingerprint density at radius 1 is 0.968 bits per heavy atom. The molecule has 0 bridgehead atoms. The number of hydrogen-bond acceptors (Lipinski definition) is 7. The highest BCUT2D eigenvalue weighted by atomic mass is 16.9. The Bertz CT molecular complexity index is 792. The Hall–Kier alpha value is -1.71. The highest BCUT2D eigenvalue weighted by Crippen LogP contribution is 2.44. The van der Waals surface area contributed by atoms with E-state index < -0.39 is 42.3 Å². The highest BCUT2D eigenvalue weighted by Gasteiger charge is 2.62. The van der Waals surface area contributed by atoms with Gasteiger partial charge < -0.3 is 33.7 Å². The van der Waals surface area contributed by atoms with Crippen LogP contribution >= 0.6 is 0 Å². The third-order valence-electron chi connectivity index (χ3n) is 5.50. The molecule has 1 aromatic carbocycles. The molecule has 3 fully saturated rings. The Kier molecular flexibility index (Phi) is 6.04. The molecular formula is C23H33NO7. The second-order valence-corrected chi connectivity index (χ2v) is 9.63. The van der Waals surface area contributed by atoms with Crippen LogP contribution in [-0.4, -0.2) is 54.8 Å². The minimum Gasteiger partial charge on any atom is -0.494 e. The molecule has 0 aliphatic carbocycles. The maximum atomic E-state index is 13.1. The van der Waals surface area contributed by atoms with Gasteiger partial charge in [0.05, 0.1) is 6.61 Å². The van der Waals surface area contributed by atoms with E-state index in [1.807, 2.05) is 39.8 Å². The lowest BCUT2D eigenvalue weighted by Gasteiger charge is -2.36. The van der Waals surface area contributed by atoms with Crippen molar-refractivity contribution in [1.82, 2.24) is 0 Å². The predicted molar refractivity (Wildman–Crippen MR) is 113 cm³/mol. The van der Waals surface area contributed by atoms with E-state index >= 15 is 0 Å². The van der Waals surface area contributed by atoms with E-state index in [1.165, 1.54) is 0 Å². The number of hydrogen-bond donors (Lipinski definition) is 1. The first kappa shape index (κ1) is 22.5. The van der Waals surface area contributed by atoms with Gasteiger partial charge in [0.1, 0.15) is 24.1 Å². The van der Waals surface area contributed by atoms with Gasteiger partial charge in [-0.2, -0.15) is 0 Å². The Morgan fingerprint density at radius 3 is 2.26 bits per heavy atom. The van der Waals surface area contributed by atoms with Gasteiger partial charge in [-0.05, 0) is 64.3 Å². The van der Waals surface area contributed by atoms with E-state index in [-0.39, 0.29) is 5.91 Å². The molecule has 0 saturated carbocycles. The van der Waals surface area contributed by atoms with Crippen LogP contribution in [0.25, 0.3) is 0 Å². The number of carbonyl (C=O) groups is 1. The molecule has 0 spiro atoms. The number of anilines is 1. The Balaban J connectivity index is 1.43. The third-order valence-corrected chi connectivity index (χ3v) is 5.50. The molecule has 3 aliphatic rings. The summed E-state index contributed by atoms with van der Waals surface area (Å²) in [5.41, 5.74) is 0.644. The average Bonchev–Trinajstić information content (AvgIpc) is 3.16. The zero-order valence-corrected chi connectivity index (χ0v) is 19.0. The molecule has 8 heteroatoms. The van der Waals surface area contributed by atoms with Crippen LogP contribution in [-0.2, 0) is 28.5 Å². The molecular weight excluding hydrogens is 402 g/mol. The Labute approximate surface area is 183 Å². The molecule has 8 nitrogen and oxygen atoms in total. The first-order chi connectivity index (χ1) is 14.5. The van der Waals surface area contributed by atoms with E-state index in [4.69, 9.17) is 28.4 Å². The van der Waals surface area contributed by atoms with Crippen LogP contribution in [0.5, 0.6) is 5.75 Å². The third kappa shape index (κ3) is 5.04. The Morgan fingerprint density at radius 2 is 1.58 bits per heavy atom. The van der Waals surface area contributed by atoms with Crippen LogP contribution in [0.4, 0.5) is 5.69 Å². The second-order valence-electron chi connectivity index (χ2n) is 9.63. The van der Waals surface area contributed by atoms with Crippen molar-refractivity contribution in [3.05, 3.63) is 24.3 Å². The van der Waals surface area contributed by atoms with Crippen LogP contribution in [0.2, 0.25) is 0 Å². The fourth-order valence-corrected chi connectivity index (χ4v) is 4.08. The van der Waals surface area contributed by atoms with Crippen molar-refractivity contribution in [2.24, 2.45) is 5.92 Å². The van der Waals surface area contributed by atoms with Gasteiger partial charge in [-0.15, -0.1) is 0 Å². The summed E-state index contributed by atoms with van der Waals surface area (Å²) in [7, 11) is 0. The van der Waals surface area contributed by atoms with Gasteiger partial charge in [0.2, 0.25) is 0 Å². The van der Waals surface area contributed by atoms with Crippen LogP contribution in [0.1, 0.15) is 48.0 Å². The first-order valence-corrected chi connectivity index (χ1v) is 10.9. The summed E-state index contributed by atoms with van der Waals surface area (Å²) in [5.74, 6) is -0.645. The number of fused-ring (bicyclic) bond motifs is 3. The monoisotopic (exact) mass is 435 g/mol. The molecule has 5 atom stereocenters. The minimum absolute atomic E-state index is 0.323. The molecule has 4 rings (SSSR count). The van der Waals surface area contributed by atoms with Crippen molar-refractivity contribution in [3.8, 4) is 5.75 Å². The lowest BCUT2D eigenvalue weighted by Crippen LogP contribution is -2.58. The number of ether oxygens (including phenoxy) is 6. The minimum atomic E-state index is -0.896. The van der Waals surface area contributed by atoms with Crippen molar-refractivity contribution >= 4 is 11.6 Å². The molecule has 1 N–H and O–H groups in total. The van der Waals surface area contributed by atoms with Crippen LogP contribution in [0, 0.1) is 5.92 Å². The summed E-state index contributed by atoms with van der Waals surface area (Å²) < 4.78 is 35.6. The molecule has 3 aliphatic heterocycles. The highest BCUT2D eigenvalue weighted by molar-refractivity contribution is 5.94. The molecule has 0 radical (unpaired) electrons. The molecule has 1 aromatic rings. The van der Waals surface area contributed by atoms with Crippen LogP contribution in [0.3, 0.4) is 0 Å². The number of rotatable bonds is 6. The first-order valence-electron chi connectivity index (χ1n) is 10.9. The van der Waals surface area contributed by atoms with Gasteiger partial charge in [0.25, 0.3) is 5.91 Å². The molecule has 31 heavy (non-hydrogen) atoms. The molecule has 3 heterocycles. The van der Waals surface area contributed by atoms with Gasteiger partial charge in [-0.3, -0.25) is 4.79 Å². The van der Waals surface area contributed by atoms with Crippen LogP contribution in [0.15, 0.2) is 24.3 Å². The number of carbonyl (C=O) groups excluding carboxylic acids is 1. The van der Waals surface area contributed by atoms with E-state index in [0.29, 0.717) is 18.2 Å². The van der Waals surface area contributed by atoms with Gasteiger partial charge in [-0.25, -0.2) is 0 Å². The van der Waals surface area contributed by atoms with Gasteiger partial charge >= 0.3 is 0 Å². The smallest absolute Gasteiger partial charge is 0.256 e. The second kappa shape index (κ2) is 8.33. The normalized spacial score (nSPS) is 33.1. The maximum absolute atomic E-state index is 13.1. The summed E-state index contributed by atoms with van der Waals surface area (Å²) in [5, 5.41) is 2.90.